The molecule has 0 bridgehead atoms. The Labute approximate surface area is 81.7 Å². The van der Waals surface area contributed by atoms with E-state index >= 15 is 0 Å². The number of hydrogen-bond acceptors (Lipinski definition) is 2. The molecule has 0 radical (unpaired) electrons. The highest BCUT2D eigenvalue weighted by molar-refractivity contribution is 4.79. The van der Waals surface area contributed by atoms with Gasteiger partial charge in [-0.25, -0.2) is 0 Å². The van der Waals surface area contributed by atoms with Crippen molar-refractivity contribution in [1.82, 2.24) is 10.2 Å². The molecule has 2 aliphatic rings. The van der Waals surface area contributed by atoms with E-state index in [1.54, 1.807) is 0 Å². The summed E-state index contributed by atoms with van der Waals surface area (Å²) in [7, 11) is 2.27. The molecule has 76 valence electrons. The third kappa shape index (κ3) is 2.96. The fraction of sp³-hybridized carbons (Fsp3) is 1.00. The second kappa shape index (κ2) is 4.43. The maximum atomic E-state index is 3.54. The van der Waals surface area contributed by atoms with Crippen molar-refractivity contribution in [3.63, 3.8) is 0 Å². The summed E-state index contributed by atoms with van der Waals surface area (Å²) in [5.74, 6) is 1.02. The summed E-state index contributed by atoms with van der Waals surface area (Å²) in [6, 6.07) is 0.905. The molecule has 0 spiro atoms. The van der Waals surface area contributed by atoms with Gasteiger partial charge in [0.2, 0.25) is 0 Å². The molecule has 0 saturated heterocycles. The Morgan fingerprint density at radius 1 is 1.23 bits per heavy atom. The van der Waals surface area contributed by atoms with Crippen LogP contribution in [-0.4, -0.2) is 37.6 Å². The lowest BCUT2D eigenvalue weighted by Crippen LogP contribution is -2.41. The van der Waals surface area contributed by atoms with Crippen LogP contribution in [0.25, 0.3) is 0 Å². The molecular formula is C11H22N2. The van der Waals surface area contributed by atoms with Gasteiger partial charge in [0.25, 0.3) is 0 Å². The van der Waals surface area contributed by atoms with Gasteiger partial charge in [0.15, 0.2) is 0 Å². The van der Waals surface area contributed by atoms with E-state index in [0.717, 1.165) is 12.0 Å². The van der Waals surface area contributed by atoms with Crippen molar-refractivity contribution in [3.8, 4) is 0 Å². The molecular weight excluding hydrogens is 160 g/mol. The van der Waals surface area contributed by atoms with E-state index in [2.05, 4.69) is 17.3 Å². The summed E-state index contributed by atoms with van der Waals surface area (Å²) in [6.45, 7) is 3.68. The first kappa shape index (κ1) is 9.47. The highest BCUT2D eigenvalue weighted by Crippen LogP contribution is 2.27. The van der Waals surface area contributed by atoms with Crippen LogP contribution in [0.1, 0.15) is 32.1 Å². The molecule has 0 amide bonds. The number of nitrogens with one attached hydrogen (secondary N) is 1. The monoisotopic (exact) mass is 182 g/mol. The van der Waals surface area contributed by atoms with Crippen molar-refractivity contribution < 1.29 is 0 Å². The molecule has 2 aliphatic carbocycles. The predicted octanol–water partition coefficient (Wildman–Crippen LogP) is 1.47. The second-order valence-electron chi connectivity index (χ2n) is 4.71. The largest absolute Gasteiger partial charge is 0.315 e. The molecule has 0 aliphatic heterocycles. The number of hydrogen-bond donors (Lipinski definition) is 1. The molecule has 1 N–H and O–H groups in total. The number of nitrogens with zero attached hydrogens (tertiary/aromatic N) is 1. The zero-order valence-corrected chi connectivity index (χ0v) is 8.76. The van der Waals surface area contributed by atoms with E-state index in [9.17, 15) is 0 Å². The van der Waals surface area contributed by atoms with Crippen LogP contribution >= 0.6 is 0 Å². The minimum absolute atomic E-state index is 0.905. The molecule has 2 rings (SSSR count). The van der Waals surface area contributed by atoms with Gasteiger partial charge in [0.05, 0.1) is 0 Å². The first-order valence-electron chi connectivity index (χ1n) is 5.77. The van der Waals surface area contributed by atoms with Crippen LogP contribution in [0.2, 0.25) is 0 Å². The number of likely N-dealkylation sites (N-methyl/N-ethyl adjacent to an activating group) is 1. The van der Waals surface area contributed by atoms with Gasteiger partial charge < -0.3 is 10.2 Å². The summed E-state index contributed by atoms with van der Waals surface area (Å²) in [4.78, 5) is 2.52. The Hall–Kier alpha value is -0.0800. The summed E-state index contributed by atoms with van der Waals surface area (Å²) < 4.78 is 0. The Morgan fingerprint density at radius 2 is 2.00 bits per heavy atom. The van der Waals surface area contributed by atoms with Crippen molar-refractivity contribution in [2.24, 2.45) is 5.92 Å². The molecule has 2 fully saturated rings. The van der Waals surface area contributed by atoms with E-state index in [0.29, 0.717) is 0 Å². The van der Waals surface area contributed by atoms with Gasteiger partial charge in [-0.3, -0.25) is 0 Å². The lowest BCUT2D eigenvalue weighted by atomic mass is 9.92. The maximum absolute atomic E-state index is 3.54. The Balaban J connectivity index is 1.46. The van der Waals surface area contributed by atoms with Crippen LogP contribution in [0, 0.1) is 5.92 Å². The Morgan fingerprint density at radius 3 is 2.54 bits per heavy atom. The summed E-state index contributed by atoms with van der Waals surface area (Å²) >= 11 is 0. The maximum Gasteiger partial charge on any atom is 0.0107 e. The van der Waals surface area contributed by atoms with Crippen LogP contribution in [0.15, 0.2) is 0 Å². The average molecular weight is 182 g/mol. The van der Waals surface area contributed by atoms with Crippen molar-refractivity contribution in [1.29, 1.82) is 0 Å². The first-order valence-corrected chi connectivity index (χ1v) is 5.77. The third-order valence-corrected chi connectivity index (χ3v) is 3.47. The summed E-state index contributed by atoms with van der Waals surface area (Å²) in [5.41, 5.74) is 0. The molecule has 0 unspecified atom stereocenters. The zero-order valence-electron chi connectivity index (χ0n) is 8.76. The molecule has 2 saturated carbocycles. The molecule has 0 aromatic heterocycles. The minimum Gasteiger partial charge on any atom is -0.315 e. The van der Waals surface area contributed by atoms with Crippen LogP contribution in [0.4, 0.5) is 0 Å². The van der Waals surface area contributed by atoms with Crippen molar-refractivity contribution in [3.05, 3.63) is 0 Å². The van der Waals surface area contributed by atoms with Crippen LogP contribution < -0.4 is 5.32 Å². The smallest absolute Gasteiger partial charge is 0.0107 e. The summed E-state index contributed by atoms with van der Waals surface area (Å²) in [6.07, 6.45) is 7.24. The van der Waals surface area contributed by atoms with Gasteiger partial charge in [-0.1, -0.05) is 6.42 Å². The minimum atomic E-state index is 0.905. The van der Waals surface area contributed by atoms with E-state index in [1.807, 2.05) is 0 Å². The fourth-order valence-electron chi connectivity index (χ4n) is 1.89. The Kier molecular flexibility index (Phi) is 3.23. The van der Waals surface area contributed by atoms with E-state index in [-0.39, 0.29) is 0 Å². The van der Waals surface area contributed by atoms with Gasteiger partial charge in [-0.05, 0) is 45.2 Å². The zero-order chi connectivity index (χ0) is 9.10. The van der Waals surface area contributed by atoms with Gasteiger partial charge in [-0.2, -0.15) is 0 Å². The van der Waals surface area contributed by atoms with Gasteiger partial charge in [0, 0.05) is 19.1 Å². The van der Waals surface area contributed by atoms with E-state index in [4.69, 9.17) is 0 Å². The Bertz CT molecular complexity index is 150. The van der Waals surface area contributed by atoms with Crippen molar-refractivity contribution in [2.45, 2.75) is 38.1 Å². The predicted molar refractivity (Wildman–Crippen MR) is 55.9 cm³/mol. The average Bonchev–Trinajstić information content (AvgIpc) is 2.77. The standard InChI is InChI=1S/C11H22N2/c1-13(11-3-2-4-11)8-7-12-9-10-5-6-10/h10-12H,2-9H2,1H3. The van der Waals surface area contributed by atoms with E-state index < -0.39 is 0 Å². The van der Waals surface area contributed by atoms with Crippen LogP contribution in [0.3, 0.4) is 0 Å². The molecule has 0 aromatic rings. The fourth-order valence-corrected chi connectivity index (χ4v) is 1.89. The highest BCUT2D eigenvalue weighted by atomic mass is 15.1. The van der Waals surface area contributed by atoms with Crippen LogP contribution in [-0.2, 0) is 0 Å². The molecule has 0 heterocycles. The molecule has 2 heteroatoms. The lowest BCUT2D eigenvalue weighted by molar-refractivity contribution is 0.160. The molecule has 0 aromatic carbocycles. The normalized spacial score (nSPS) is 23.5. The van der Waals surface area contributed by atoms with Gasteiger partial charge >= 0.3 is 0 Å². The first-order chi connectivity index (χ1) is 6.36. The topological polar surface area (TPSA) is 15.3 Å². The van der Waals surface area contributed by atoms with Gasteiger partial charge in [-0.15, -0.1) is 0 Å². The van der Waals surface area contributed by atoms with E-state index in [1.165, 1.54) is 51.7 Å². The van der Waals surface area contributed by atoms with Gasteiger partial charge in [0.1, 0.15) is 0 Å². The van der Waals surface area contributed by atoms with Crippen molar-refractivity contribution >= 4 is 0 Å². The highest BCUT2D eigenvalue weighted by Gasteiger charge is 2.22. The lowest BCUT2D eigenvalue weighted by Gasteiger charge is -2.34. The molecule has 0 atom stereocenters. The third-order valence-electron chi connectivity index (χ3n) is 3.47. The molecule has 13 heavy (non-hydrogen) atoms. The quantitative estimate of drug-likeness (QED) is 0.626. The van der Waals surface area contributed by atoms with Crippen molar-refractivity contribution in [2.75, 3.05) is 26.7 Å². The SMILES string of the molecule is CN(CCNCC1CC1)C1CCC1. The second-order valence-corrected chi connectivity index (χ2v) is 4.71. The van der Waals surface area contributed by atoms with Crippen LogP contribution in [0.5, 0.6) is 0 Å². The number of rotatable bonds is 6. The molecule has 2 nitrogen and oxygen atoms in total. The summed E-state index contributed by atoms with van der Waals surface area (Å²) in [5, 5.41) is 3.54.